The van der Waals surface area contributed by atoms with Crippen molar-refractivity contribution in [2.45, 2.75) is 110 Å². The molecular weight excluding hydrogens is 753 g/mol. The highest BCUT2D eigenvalue weighted by atomic mass is 17.2. The molecule has 4 aliphatic carbocycles. The number of nitrogens with one attached hydrogen (secondary N) is 2. The van der Waals surface area contributed by atoms with Gasteiger partial charge in [0.15, 0.2) is 6.61 Å². The van der Waals surface area contributed by atoms with E-state index in [9.17, 15) is 19.2 Å². The molecule has 13 heteroatoms. The molecule has 2 spiro atoms. The van der Waals surface area contributed by atoms with Gasteiger partial charge >= 0.3 is 11.6 Å². The van der Waals surface area contributed by atoms with Crippen LogP contribution in [0.1, 0.15) is 108 Å². The van der Waals surface area contributed by atoms with Crippen molar-refractivity contribution in [2.24, 2.45) is 27.8 Å². The highest BCUT2D eigenvalue weighted by Crippen LogP contribution is 2.71. The van der Waals surface area contributed by atoms with E-state index in [0.717, 1.165) is 62.3 Å². The maximum Gasteiger partial charge on any atom is 0.349 e. The summed E-state index contributed by atoms with van der Waals surface area (Å²) >= 11 is 0. The van der Waals surface area contributed by atoms with Crippen LogP contribution in [0.5, 0.6) is 0 Å². The van der Waals surface area contributed by atoms with Gasteiger partial charge in [0.05, 0.1) is 5.71 Å². The first kappa shape index (κ1) is 40.8. The Morgan fingerprint density at radius 1 is 0.949 bits per heavy atom. The number of nitrogens with zero attached hydrogens (tertiary/aromatic N) is 2. The zero-order valence-corrected chi connectivity index (χ0v) is 34.9. The van der Waals surface area contributed by atoms with E-state index < -0.39 is 41.4 Å². The number of carbonyl (C=O) groups excluding carboxylic acids is 3. The SMILES string of the molecule is CCN(CC)c1ccc2cc(C(=O)NCC(=O)OC3CC[C@]4(C)[C@@H]5CC[C@]6(C)/C(=N/OCC(=O)Nc7ccc(C(C)C)cc7)CC[C@H]6[C@@]56C=C[C@]4(C3)OO6)c(=O)oc2c1. The number of anilines is 2. The molecule has 2 N–H and O–H groups in total. The summed E-state index contributed by atoms with van der Waals surface area (Å²) in [5.74, 6) is -0.883. The standard InChI is InChI=1S/C46H56N4O9/c1-7-50(8-2)32-14-11-30-23-34(42(54)57-35(30)24-32)41(53)47-26-40(52)56-33-17-20-44(6)37-18-19-43(5)36(46(37)22-21-45(44,25-33)58-59-46)15-16-38(43)49-55-27-39(51)48-31-12-9-29(10-13-31)28(3)4/h9-14,21-24,28,33,36-37H,7-8,15-20,25-27H2,1-6H3,(H,47,53)(H,48,51)/b49-38+/t33?,36-,37+,43+,44-,45-,46+/m1/s1. The molecule has 1 saturated heterocycles. The number of oxime groups is 1. The van der Waals surface area contributed by atoms with E-state index in [1.165, 1.54) is 11.6 Å². The molecule has 0 radical (unpaired) electrons. The molecule has 3 heterocycles. The largest absolute Gasteiger partial charge is 0.461 e. The normalized spacial score (nSPS) is 31.0. The first-order valence-corrected chi connectivity index (χ1v) is 21.2. The predicted molar refractivity (Wildman–Crippen MR) is 223 cm³/mol. The number of benzene rings is 2. The fourth-order valence-electron chi connectivity index (χ4n) is 11.0. The van der Waals surface area contributed by atoms with Gasteiger partial charge in [0.2, 0.25) is 0 Å². The van der Waals surface area contributed by atoms with Crippen molar-refractivity contribution in [3.63, 3.8) is 0 Å². The van der Waals surface area contributed by atoms with Crippen LogP contribution in [0, 0.1) is 22.7 Å². The van der Waals surface area contributed by atoms with Crippen molar-refractivity contribution >= 4 is 45.8 Å². The Morgan fingerprint density at radius 2 is 1.73 bits per heavy atom. The number of rotatable bonds is 12. The summed E-state index contributed by atoms with van der Waals surface area (Å²) in [5, 5.41) is 10.6. The smallest absolute Gasteiger partial charge is 0.349 e. The van der Waals surface area contributed by atoms with Crippen LogP contribution < -0.4 is 21.2 Å². The second-order valence-electron chi connectivity index (χ2n) is 17.8. The van der Waals surface area contributed by atoms with Gasteiger partial charge in [-0.15, -0.1) is 0 Å². The van der Waals surface area contributed by atoms with Crippen molar-refractivity contribution in [3.05, 3.63) is 82.2 Å². The fourth-order valence-corrected chi connectivity index (χ4v) is 11.0. The molecule has 4 fully saturated rings. The van der Waals surface area contributed by atoms with Crippen molar-refractivity contribution in [3.8, 4) is 0 Å². The van der Waals surface area contributed by atoms with Gasteiger partial charge in [-0.05, 0) is 100 Å². The van der Waals surface area contributed by atoms with Crippen molar-refractivity contribution in [2.75, 3.05) is 36.5 Å². The molecule has 7 atom stereocenters. The van der Waals surface area contributed by atoms with Crippen molar-refractivity contribution < 1.29 is 38.2 Å². The van der Waals surface area contributed by atoms with Gasteiger partial charge in [-0.2, -0.15) is 0 Å². The van der Waals surface area contributed by atoms with Crippen molar-refractivity contribution in [1.29, 1.82) is 0 Å². The Hall–Kier alpha value is -5.01. The maximum absolute atomic E-state index is 13.1. The summed E-state index contributed by atoms with van der Waals surface area (Å²) in [6.45, 7) is 13.9. The monoisotopic (exact) mass is 808 g/mol. The highest BCUT2D eigenvalue weighted by molar-refractivity contribution is 5.98. The van der Waals surface area contributed by atoms with Gasteiger partial charge in [-0.3, -0.25) is 14.4 Å². The van der Waals surface area contributed by atoms with Gasteiger partial charge in [-0.1, -0.05) is 51.1 Å². The average molecular weight is 809 g/mol. The van der Waals surface area contributed by atoms with Gasteiger partial charge in [-0.25, -0.2) is 14.6 Å². The van der Waals surface area contributed by atoms with Crippen molar-refractivity contribution in [1.82, 2.24) is 5.32 Å². The van der Waals surface area contributed by atoms with Gasteiger partial charge in [0, 0.05) is 65.0 Å². The summed E-state index contributed by atoms with van der Waals surface area (Å²) < 4.78 is 11.4. The van der Waals surface area contributed by atoms with Crippen LogP contribution in [-0.4, -0.2) is 67.0 Å². The van der Waals surface area contributed by atoms with Gasteiger partial charge in [0.1, 0.15) is 35.0 Å². The molecule has 2 bridgehead atoms. The second kappa shape index (κ2) is 15.5. The maximum atomic E-state index is 13.1. The summed E-state index contributed by atoms with van der Waals surface area (Å²) in [5.41, 5.74) is 1.25. The van der Waals surface area contributed by atoms with E-state index in [1.54, 1.807) is 6.07 Å². The van der Waals surface area contributed by atoms with Crippen LogP contribution >= 0.6 is 0 Å². The summed E-state index contributed by atoms with van der Waals surface area (Å²) in [4.78, 5) is 72.5. The highest BCUT2D eigenvalue weighted by Gasteiger charge is 2.74. The third kappa shape index (κ3) is 7.03. The van der Waals surface area contributed by atoms with Crippen LogP contribution in [0.15, 0.2) is 75.1 Å². The zero-order chi connectivity index (χ0) is 41.7. The van der Waals surface area contributed by atoms with E-state index in [0.29, 0.717) is 29.7 Å². The number of ether oxygens (including phenoxy) is 1. The third-order valence-electron chi connectivity index (χ3n) is 14.4. The minimum absolute atomic E-state index is 0.102. The Labute approximate surface area is 344 Å². The molecule has 314 valence electrons. The number of hydrogen-bond acceptors (Lipinski definition) is 11. The minimum Gasteiger partial charge on any atom is -0.461 e. The molecule has 13 nitrogen and oxygen atoms in total. The fraction of sp³-hybridized carbons (Fsp3) is 0.543. The molecule has 1 unspecified atom stereocenters. The number of amides is 2. The quantitative estimate of drug-likeness (QED) is 0.0620. The molecule has 6 aliphatic rings. The molecule has 3 aromatic rings. The molecule has 2 aromatic carbocycles. The first-order valence-electron chi connectivity index (χ1n) is 21.2. The Kier molecular flexibility index (Phi) is 10.7. The number of fused-ring (bicyclic) bond motifs is 3. The molecule has 2 aliphatic heterocycles. The number of hydrogen-bond donors (Lipinski definition) is 2. The number of esters is 1. The van der Waals surface area contributed by atoms with E-state index in [4.69, 9.17) is 23.8 Å². The van der Waals surface area contributed by atoms with Crippen LogP contribution in [0.3, 0.4) is 0 Å². The lowest BCUT2D eigenvalue weighted by atomic mass is 9.43. The molecule has 3 saturated carbocycles. The summed E-state index contributed by atoms with van der Waals surface area (Å²) in [6, 6.07) is 14.9. The molecule has 1 aromatic heterocycles. The lowest BCUT2D eigenvalue weighted by Crippen LogP contribution is -2.73. The Morgan fingerprint density at radius 3 is 2.44 bits per heavy atom. The van der Waals surface area contributed by atoms with E-state index in [-0.39, 0.29) is 40.7 Å². The first-order chi connectivity index (χ1) is 28.2. The topological polar surface area (TPSA) is 158 Å². The summed E-state index contributed by atoms with van der Waals surface area (Å²) in [6.07, 6.45) is 9.07. The lowest BCUT2D eigenvalue weighted by Gasteiger charge is -2.69. The molecule has 2 amide bonds. The van der Waals surface area contributed by atoms with E-state index in [1.807, 2.05) is 50.2 Å². The minimum atomic E-state index is -0.782. The van der Waals surface area contributed by atoms with Crippen LogP contribution in [0.25, 0.3) is 11.0 Å². The van der Waals surface area contributed by atoms with Gasteiger partial charge in [0.25, 0.3) is 11.8 Å². The van der Waals surface area contributed by atoms with Crippen LogP contribution in [-0.2, 0) is 28.9 Å². The number of carbonyl (C=O) groups is 3. The van der Waals surface area contributed by atoms with Crippen LogP contribution in [0.4, 0.5) is 11.4 Å². The Bertz CT molecular complexity index is 2250. The second-order valence-corrected chi connectivity index (χ2v) is 17.8. The van der Waals surface area contributed by atoms with E-state index >= 15 is 0 Å². The average Bonchev–Trinajstić information content (AvgIpc) is 3.56. The third-order valence-corrected chi connectivity index (χ3v) is 14.4. The van der Waals surface area contributed by atoms with E-state index in [2.05, 4.69) is 60.5 Å². The molecular formula is C46H56N4O9. The Balaban J connectivity index is 0.876. The predicted octanol–water partition coefficient (Wildman–Crippen LogP) is 7.44. The molecule has 9 rings (SSSR count). The molecule has 59 heavy (non-hydrogen) atoms. The zero-order valence-electron chi connectivity index (χ0n) is 34.9. The summed E-state index contributed by atoms with van der Waals surface area (Å²) in [7, 11) is 0. The lowest BCUT2D eigenvalue weighted by molar-refractivity contribution is -0.496. The van der Waals surface area contributed by atoms with Gasteiger partial charge < -0.3 is 29.5 Å². The van der Waals surface area contributed by atoms with Crippen LogP contribution in [0.2, 0.25) is 0 Å².